The van der Waals surface area contributed by atoms with E-state index < -0.39 is 10.0 Å². The van der Waals surface area contributed by atoms with Crippen molar-refractivity contribution in [2.24, 2.45) is 0 Å². The number of aromatic nitrogens is 2. The molecule has 4 rings (SSSR count). The Hall–Kier alpha value is -2.19. The Labute approximate surface area is 153 Å². The molecule has 26 heavy (non-hydrogen) atoms. The molecule has 1 fully saturated rings. The second-order valence-electron chi connectivity index (χ2n) is 6.56. The van der Waals surface area contributed by atoms with Crippen molar-refractivity contribution in [1.29, 1.82) is 0 Å². The fourth-order valence-electron chi connectivity index (χ4n) is 3.36. The summed E-state index contributed by atoms with van der Waals surface area (Å²) in [5, 5.41) is 0. The van der Waals surface area contributed by atoms with Crippen molar-refractivity contribution < 1.29 is 17.9 Å². The van der Waals surface area contributed by atoms with E-state index in [1.54, 1.807) is 37.4 Å². The number of fused-ring (bicyclic) bond motifs is 1. The number of hydrogen-bond donors (Lipinski definition) is 0. The minimum absolute atomic E-state index is 0.217. The Kier molecular flexibility index (Phi) is 4.54. The molecule has 0 amide bonds. The molecule has 3 heterocycles. The van der Waals surface area contributed by atoms with Crippen molar-refractivity contribution in [1.82, 2.24) is 14.3 Å². The summed E-state index contributed by atoms with van der Waals surface area (Å²) < 4.78 is 39.0. The first-order valence-electron chi connectivity index (χ1n) is 8.74. The molecule has 0 radical (unpaired) electrons. The van der Waals surface area contributed by atoms with E-state index in [2.05, 4.69) is 9.97 Å². The van der Waals surface area contributed by atoms with Crippen LogP contribution >= 0.6 is 0 Å². The molecular weight excluding hydrogens is 354 g/mol. The van der Waals surface area contributed by atoms with Gasteiger partial charge in [-0.05, 0) is 43.5 Å². The van der Waals surface area contributed by atoms with Crippen LogP contribution in [0.5, 0.6) is 11.6 Å². The number of piperidine rings is 1. The fraction of sp³-hybridized carbons (Fsp3) is 0.444. The zero-order valence-electron chi connectivity index (χ0n) is 14.6. The van der Waals surface area contributed by atoms with E-state index >= 15 is 0 Å². The number of benzene rings is 1. The molecular formula is C18H21N3O4S. The number of sulfonamides is 1. The van der Waals surface area contributed by atoms with Crippen molar-refractivity contribution >= 4 is 10.0 Å². The Morgan fingerprint density at radius 1 is 1.31 bits per heavy atom. The fourth-order valence-corrected chi connectivity index (χ4v) is 4.92. The summed E-state index contributed by atoms with van der Waals surface area (Å²) >= 11 is 0. The Balaban J connectivity index is 1.51. The van der Waals surface area contributed by atoms with Gasteiger partial charge in [0.05, 0.1) is 18.0 Å². The first kappa shape index (κ1) is 17.2. The zero-order chi connectivity index (χ0) is 18.1. The van der Waals surface area contributed by atoms with Gasteiger partial charge in [0.25, 0.3) is 0 Å². The van der Waals surface area contributed by atoms with E-state index in [1.165, 1.54) is 4.31 Å². The van der Waals surface area contributed by atoms with Crippen LogP contribution in [0, 0.1) is 6.92 Å². The largest absolute Gasteiger partial charge is 0.493 e. The highest BCUT2D eigenvalue weighted by atomic mass is 32.2. The molecule has 8 heteroatoms. The lowest BCUT2D eigenvalue weighted by Gasteiger charge is -2.31. The molecule has 1 aromatic carbocycles. The summed E-state index contributed by atoms with van der Waals surface area (Å²) in [6.45, 7) is 3.22. The topological polar surface area (TPSA) is 81.6 Å². The molecule has 1 saturated heterocycles. The third kappa shape index (κ3) is 3.39. The van der Waals surface area contributed by atoms with Crippen LogP contribution in [0.2, 0.25) is 0 Å². The van der Waals surface area contributed by atoms with Crippen molar-refractivity contribution in [2.75, 3.05) is 19.7 Å². The third-order valence-electron chi connectivity index (χ3n) is 4.68. The molecule has 2 aliphatic heterocycles. The van der Waals surface area contributed by atoms with E-state index in [9.17, 15) is 8.42 Å². The van der Waals surface area contributed by atoms with Gasteiger partial charge in [-0.15, -0.1) is 0 Å². The van der Waals surface area contributed by atoms with Crippen LogP contribution in [0.1, 0.15) is 24.2 Å². The molecule has 2 aliphatic rings. The molecule has 1 atom stereocenters. The van der Waals surface area contributed by atoms with Crippen LogP contribution in [0.25, 0.3) is 0 Å². The predicted molar refractivity (Wildman–Crippen MR) is 94.8 cm³/mol. The monoisotopic (exact) mass is 375 g/mol. The van der Waals surface area contributed by atoms with Crippen molar-refractivity contribution in [3.05, 3.63) is 41.9 Å². The molecule has 0 bridgehead atoms. The number of hydrogen-bond acceptors (Lipinski definition) is 6. The van der Waals surface area contributed by atoms with Crippen molar-refractivity contribution in [3.8, 4) is 11.6 Å². The number of rotatable bonds is 4. The van der Waals surface area contributed by atoms with E-state index in [0.29, 0.717) is 36.3 Å². The molecule has 2 aromatic rings. The maximum Gasteiger partial charge on any atom is 0.243 e. The smallest absolute Gasteiger partial charge is 0.243 e. The number of aryl methyl sites for hydroxylation is 1. The second kappa shape index (κ2) is 6.85. The van der Waals surface area contributed by atoms with Gasteiger partial charge in [0.1, 0.15) is 17.7 Å². The van der Waals surface area contributed by atoms with Gasteiger partial charge >= 0.3 is 0 Å². The van der Waals surface area contributed by atoms with Gasteiger partial charge in [-0.1, -0.05) is 0 Å². The van der Waals surface area contributed by atoms with Gasteiger partial charge in [-0.3, -0.25) is 0 Å². The van der Waals surface area contributed by atoms with Crippen LogP contribution < -0.4 is 9.47 Å². The van der Waals surface area contributed by atoms with Crippen LogP contribution in [-0.4, -0.2) is 48.5 Å². The van der Waals surface area contributed by atoms with Gasteiger partial charge in [0.15, 0.2) is 0 Å². The molecule has 0 aliphatic carbocycles. The Morgan fingerprint density at radius 3 is 3.04 bits per heavy atom. The van der Waals surface area contributed by atoms with E-state index in [4.69, 9.17) is 9.47 Å². The normalized spacial score (nSPS) is 20.4. The van der Waals surface area contributed by atoms with E-state index in [1.807, 2.05) is 0 Å². The SMILES string of the molecule is Cc1nccc(OC2CCCN(S(=O)(=O)c3ccc4c(c3)CCO4)C2)n1. The molecule has 7 nitrogen and oxygen atoms in total. The van der Waals surface area contributed by atoms with Crippen LogP contribution in [0.3, 0.4) is 0 Å². The van der Waals surface area contributed by atoms with Gasteiger partial charge in [0.2, 0.25) is 15.9 Å². The predicted octanol–water partition coefficient (Wildman–Crippen LogP) is 1.95. The lowest BCUT2D eigenvalue weighted by Crippen LogP contribution is -2.44. The third-order valence-corrected chi connectivity index (χ3v) is 6.54. The molecule has 138 valence electrons. The molecule has 1 unspecified atom stereocenters. The molecule has 0 saturated carbocycles. The highest BCUT2D eigenvalue weighted by Gasteiger charge is 2.32. The van der Waals surface area contributed by atoms with Crippen molar-refractivity contribution in [3.63, 3.8) is 0 Å². The number of nitrogens with zero attached hydrogens (tertiary/aromatic N) is 3. The zero-order valence-corrected chi connectivity index (χ0v) is 15.4. The summed E-state index contributed by atoms with van der Waals surface area (Å²) in [5.41, 5.74) is 0.951. The molecule has 1 aromatic heterocycles. The van der Waals surface area contributed by atoms with Gasteiger partial charge < -0.3 is 9.47 Å². The molecule has 0 N–H and O–H groups in total. The average molecular weight is 375 g/mol. The summed E-state index contributed by atoms with van der Waals surface area (Å²) in [5.74, 6) is 1.89. The first-order chi connectivity index (χ1) is 12.5. The first-order valence-corrected chi connectivity index (χ1v) is 10.2. The average Bonchev–Trinajstić information content (AvgIpc) is 3.10. The van der Waals surface area contributed by atoms with E-state index in [0.717, 1.165) is 30.6 Å². The summed E-state index contributed by atoms with van der Waals surface area (Å²) in [6.07, 6.45) is 3.72. The number of ether oxygens (including phenoxy) is 2. The van der Waals surface area contributed by atoms with E-state index in [-0.39, 0.29) is 6.10 Å². The lowest BCUT2D eigenvalue weighted by atomic mass is 10.1. The maximum atomic E-state index is 13.0. The summed E-state index contributed by atoms with van der Waals surface area (Å²) in [6, 6.07) is 6.80. The van der Waals surface area contributed by atoms with Crippen LogP contribution in [0.4, 0.5) is 0 Å². The highest BCUT2D eigenvalue weighted by Crippen LogP contribution is 2.30. The Bertz CT molecular complexity index is 916. The van der Waals surface area contributed by atoms with Crippen molar-refractivity contribution in [2.45, 2.75) is 37.2 Å². The van der Waals surface area contributed by atoms with Gasteiger partial charge in [-0.2, -0.15) is 9.29 Å². The lowest BCUT2D eigenvalue weighted by molar-refractivity contribution is 0.124. The second-order valence-corrected chi connectivity index (χ2v) is 8.49. The molecule has 0 spiro atoms. The van der Waals surface area contributed by atoms with Gasteiger partial charge in [0, 0.05) is 25.2 Å². The van der Waals surface area contributed by atoms with Gasteiger partial charge in [-0.25, -0.2) is 13.4 Å². The summed E-state index contributed by atoms with van der Waals surface area (Å²) in [4.78, 5) is 8.60. The Morgan fingerprint density at radius 2 is 2.19 bits per heavy atom. The minimum Gasteiger partial charge on any atom is -0.493 e. The maximum absolute atomic E-state index is 13.0. The minimum atomic E-state index is -3.55. The quantitative estimate of drug-likeness (QED) is 0.812. The van der Waals surface area contributed by atoms with Crippen LogP contribution in [-0.2, 0) is 16.4 Å². The highest BCUT2D eigenvalue weighted by molar-refractivity contribution is 7.89. The summed E-state index contributed by atoms with van der Waals surface area (Å²) in [7, 11) is -3.55. The standard InChI is InChI=1S/C18H21N3O4S/c1-13-19-8-6-18(20-13)25-15-3-2-9-21(12-15)26(22,23)16-4-5-17-14(11-16)7-10-24-17/h4-6,8,11,15H,2-3,7,9-10,12H2,1H3. The van der Waals surface area contributed by atoms with Crippen LogP contribution in [0.15, 0.2) is 35.4 Å².